The molecule has 2 N–H and O–H groups in total. The maximum Gasteiger partial charge on any atom is 0.269 e. The number of rotatable bonds is 5. The number of tetrazole rings is 1. The van der Waals surface area contributed by atoms with E-state index in [1.54, 1.807) is 24.3 Å². The van der Waals surface area contributed by atoms with Gasteiger partial charge in [-0.1, -0.05) is 16.7 Å². The number of nitrogens with one attached hydrogen (secondary N) is 2. The zero-order valence-corrected chi connectivity index (χ0v) is 10.5. The average Bonchev–Trinajstić information content (AvgIpc) is 2.89. The van der Waals surface area contributed by atoms with E-state index in [1.165, 1.54) is 0 Å². The zero-order valence-electron chi connectivity index (χ0n) is 9.76. The molecule has 0 saturated carbocycles. The number of halogens is 1. The van der Waals surface area contributed by atoms with Crippen LogP contribution in [0.5, 0.6) is 0 Å². The first-order valence-electron chi connectivity index (χ1n) is 5.47. The Balaban J connectivity index is 1.83. The Hall–Kier alpha value is -2.28. The van der Waals surface area contributed by atoms with E-state index in [0.29, 0.717) is 10.6 Å². The van der Waals surface area contributed by atoms with E-state index in [0.717, 1.165) is 0 Å². The van der Waals surface area contributed by atoms with Crippen molar-refractivity contribution in [3.8, 4) is 0 Å². The summed E-state index contributed by atoms with van der Waals surface area (Å²) in [5.41, 5.74) is 0.525. The van der Waals surface area contributed by atoms with Crippen LogP contribution in [0.1, 0.15) is 23.2 Å². The van der Waals surface area contributed by atoms with E-state index < -0.39 is 0 Å². The summed E-state index contributed by atoms with van der Waals surface area (Å²) in [5.74, 6) is -0.382. The largest absolute Gasteiger partial charge is 0.294 e. The smallest absolute Gasteiger partial charge is 0.269 e. The van der Waals surface area contributed by atoms with Crippen LogP contribution < -0.4 is 5.32 Å². The quantitative estimate of drug-likeness (QED) is 0.807. The minimum atomic E-state index is -0.344. The number of nitrogens with zero attached hydrogens (tertiary/aromatic N) is 3. The molecule has 1 amide bonds. The lowest BCUT2D eigenvalue weighted by Gasteiger charge is -2.01. The predicted octanol–water partition coefficient (Wildman–Crippen LogP) is 1.45. The number of H-pyrrole nitrogens is 1. The Bertz CT molecular complexity index is 567. The molecule has 0 saturated heterocycles. The molecule has 0 bridgehead atoms. The predicted molar refractivity (Wildman–Crippen MR) is 67.8 cm³/mol. The number of Topliss-reactive ketones (excluding diaryl/α,β-unsaturated/α-hetero) is 1. The second-order valence-electron chi connectivity index (χ2n) is 3.71. The van der Waals surface area contributed by atoms with Crippen molar-refractivity contribution >= 4 is 29.2 Å². The van der Waals surface area contributed by atoms with Gasteiger partial charge >= 0.3 is 0 Å². The number of benzene rings is 1. The number of anilines is 1. The normalized spacial score (nSPS) is 10.2. The molecule has 19 heavy (non-hydrogen) atoms. The third-order valence-electron chi connectivity index (χ3n) is 2.34. The van der Waals surface area contributed by atoms with Crippen molar-refractivity contribution in [2.24, 2.45) is 0 Å². The maximum atomic E-state index is 11.8. The van der Waals surface area contributed by atoms with Gasteiger partial charge in [-0.2, -0.15) is 5.21 Å². The van der Waals surface area contributed by atoms with Crippen LogP contribution in [-0.4, -0.2) is 32.3 Å². The standard InChI is InChI=1S/C11H10ClN5O2/c12-8-3-1-7(2-4-8)9(18)5-6-10(19)13-11-14-16-17-15-11/h1-4H,5-6H2,(H2,13,14,15,16,17,19). The van der Waals surface area contributed by atoms with Gasteiger partial charge in [0.05, 0.1) is 0 Å². The van der Waals surface area contributed by atoms with Crippen LogP contribution in [-0.2, 0) is 4.79 Å². The Morgan fingerprint density at radius 2 is 1.95 bits per heavy atom. The molecule has 2 aromatic rings. The van der Waals surface area contributed by atoms with Crippen LogP contribution in [0.25, 0.3) is 0 Å². The minimum Gasteiger partial charge on any atom is -0.294 e. The molecular weight excluding hydrogens is 270 g/mol. The first-order chi connectivity index (χ1) is 9.15. The molecule has 0 spiro atoms. The number of amides is 1. The molecule has 1 aromatic carbocycles. The lowest BCUT2D eigenvalue weighted by atomic mass is 10.1. The number of hydrogen-bond donors (Lipinski definition) is 2. The highest BCUT2D eigenvalue weighted by atomic mass is 35.5. The summed E-state index contributed by atoms with van der Waals surface area (Å²) in [6, 6.07) is 6.52. The zero-order chi connectivity index (χ0) is 13.7. The molecule has 0 aliphatic carbocycles. The second kappa shape index (κ2) is 6.05. The summed E-state index contributed by atoms with van der Waals surface area (Å²) in [6.45, 7) is 0. The van der Waals surface area contributed by atoms with Crippen LogP contribution in [0.2, 0.25) is 5.02 Å². The molecule has 0 aliphatic heterocycles. The van der Waals surface area contributed by atoms with Crippen LogP contribution in [0.15, 0.2) is 24.3 Å². The topological polar surface area (TPSA) is 101 Å². The summed E-state index contributed by atoms with van der Waals surface area (Å²) in [4.78, 5) is 23.3. The maximum absolute atomic E-state index is 11.8. The monoisotopic (exact) mass is 279 g/mol. The number of aromatic amines is 1. The van der Waals surface area contributed by atoms with Gasteiger partial charge in [0, 0.05) is 23.4 Å². The van der Waals surface area contributed by atoms with Crippen LogP contribution in [0.3, 0.4) is 0 Å². The van der Waals surface area contributed by atoms with Gasteiger partial charge in [0.15, 0.2) is 5.78 Å². The van der Waals surface area contributed by atoms with Gasteiger partial charge in [-0.05, 0) is 29.5 Å². The minimum absolute atomic E-state index is 0.0516. The first kappa shape index (κ1) is 13.2. The highest BCUT2D eigenvalue weighted by Gasteiger charge is 2.10. The van der Waals surface area contributed by atoms with E-state index in [-0.39, 0.29) is 30.5 Å². The van der Waals surface area contributed by atoms with Gasteiger partial charge in [-0.15, -0.1) is 5.10 Å². The Kier molecular flexibility index (Phi) is 4.19. The SMILES string of the molecule is O=C(CCC(=O)c1ccc(Cl)cc1)Nc1nn[nH]n1. The fourth-order valence-corrected chi connectivity index (χ4v) is 1.54. The molecule has 0 aliphatic rings. The van der Waals surface area contributed by atoms with Crippen LogP contribution in [0, 0.1) is 0 Å². The number of aromatic nitrogens is 4. The summed E-state index contributed by atoms with van der Waals surface area (Å²) in [7, 11) is 0. The van der Waals surface area contributed by atoms with E-state index in [4.69, 9.17) is 11.6 Å². The molecular formula is C11H10ClN5O2. The van der Waals surface area contributed by atoms with Crippen molar-refractivity contribution in [1.29, 1.82) is 0 Å². The molecule has 0 unspecified atom stereocenters. The van der Waals surface area contributed by atoms with Gasteiger partial charge in [-0.25, -0.2) is 0 Å². The van der Waals surface area contributed by atoms with Crippen molar-refractivity contribution in [2.45, 2.75) is 12.8 Å². The Labute approximate surface area is 113 Å². The first-order valence-corrected chi connectivity index (χ1v) is 5.85. The number of carbonyl (C=O) groups excluding carboxylic acids is 2. The number of carbonyl (C=O) groups is 2. The van der Waals surface area contributed by atoms with Crippen molar-refractivity contribution in [2.75, 3.05) is 5.32 Å². The molecule has 0 atom stereocenters. The van der Waals surface area contributed by atoms with Crippen molar-refractivity contribution in [1.82, 2.24) is 20.6 Å². The van der Waals surface area contributed by atoms with Gasteiger partial charge in [0.25, 0.3) is 5.95 Å². The highest BCUT2D eigenvalue weighted by Crippen LogP contribution is 2.12. The van der Waals surface area contributed by atoms with E-state index in [2.05, 4.69) is 25.9 Å². The number of ketones is 1. The highest BCUT2D eigenvalue weighted by molar-refractivity contribution is 6.30. The molecule has 0 fully saturated rings. The van der Waals surface area contributed by atoms with E-state index >= 15 is 0 Å². The molecule has 2 rings (SSSR count). The molecule has 98 valence electrons. The van der Waals surface area contributed by atoms with Gasteiger partial charge < -0.3 is 0 Å². The van der Waals surface area contributed by atoms with Gasteiger partial charge in [0.2, 0.25) is 5.91 Å². The summed E-state index contributed by atoms with van der Waals surface area (Å²) < 4.78 is 0. The van der Waals surface area contributed by atoms with Crippen molar-refractivity contribution < 1.29 is 9.59 Å². The summed E-state index contributed by atoms with van der Waals surface area (Å²) in [6.07, 6.45) is 0.154. The lowest BCUT2D eigenvalue weighted by molar-refractivity contribution is -0.116. The van der Waals surface area contributed by atoms with Crippen molar-refractivity contribution in [3.05, 3.63) is 34.9 Å². The van der Waals surface area contributed by atoms with E-state index in [9.17, 15) is 9.59 Å². The van der Waals surface area contributed by atoms with Gasteiger partial charge in [0.1, 0.15) is 0 Å². The molecule has 8 heteroatoms. The fraction of sp³-hybridized carbons (Fsp3) is 0.182. The second-order valence-corrected chi connectivity index (χ2v) is 4.15. The number of hydrogen-bond acceptors (Lipinski definition) is 5. The lowest BCUT2D eigenvalue weighted by Crippen LogP contribution is -2.14. The van der Waals surface area contributed by atoms with Gasteiger partial charge in [-0.3, -0.25) is 14.9 Å². The molecule has 1 heterocycles. The Morgan fingerprint density at radius 3 is 2.58 bits per heavy atom. The third-order valence-corrected chi connectivity index (χ3v) is 2.59. The summed E-state index contributed by atoms with van der Waals surface area (Å²) in [5, 5.41) is 15.6. The Morgan fingerprint density at radius 1 is 1.21 bits per heavy atom. The molecule has 1 aromatic heterocycles. The third kappa shape index (κ3) is 3.85. The van der Waals surface area contributed by atoms with Crippen LogP contribution >= 0.6 is 11.6 Å². The summed E-state index contributed by atoms with van der Waals surface area (Å²) >= 11 is 5.73. The molecule has 0 radical (unpaired) electrons. The fourth-order valence-electron chi connectivity index (χ4n) is 1.41. The van der Waals surface area contributed by atoms with E-state index in [1.807, 2.05) is 0 Å². The van der Waals surface area contributed by atoms with Crippen molar-refractivity contribution in [3.63, 3.8) is 0 Å². The average molecular weight is 280 g/mol. The van der Waals surface area contributed by atoms with Crippen LogP contribution in [0.4, 0.5) is 5.95 Å². The molecule has 7 nitrogen and oxygen atoms in total.